The molecule has 0 radical (unpaired) electrons. The topological polar surface area (TPSA) is 35.0 Å². The fourth-order valence-electron chi connectivity index (χ4n) is 0. The van der Waals surface area contributed by atoms with Crippen molar-refractivity contribution in [3.8, 4) is 0 Å². The molecular formula is H5NNa4S+4. The molecule has 0 heterocycles. The van der Waals surface area contributed by atoms with Crippen LogP contribution >= 0.6 is 13.5 Å². The Bertz CT molecular complexity index is 7.51. The van der Waals surface area contributed by atoms with E-state index in [0.717, 1.165) is 0 Å². The van der Waals surface area contributed by atoms with E-state index in [9.17, 15) is 0 Å². The maximum absolute atomic E-state index is 0. The maximum atomic E-state index is 0. The first-order valence-electron chi connectivity index (χ1n) is 0. The van der Waals surface area contributed by atoms with E-state index in [1.807, 2.05) is 0 Å². The van der Waals surface area contributed by atoms with E-state index in [1.165, 1.54) is 0 Å². The minimum absolute atomic E-state index is 0. The van der Waals surface area contributed by atoms with Gasteiger partial charge in [-0.1, -0.05) is 0 Å². The predicted octanol–water partition coefficient (Wildman–Crippen LogP) is -11.7. The van der Waals surface area contributed by atoms with Crippen LogP contribution in [-0.4, -0.2) is 0 Å². The van der Waals surface area contributed by atoms with Gasteiger partial charge in [0.05, 0.1) is 0 Å². The molecule has 0 spiro atoms. The molecule has 0 aliphatic rings. The molecule has 0 saturated carbocycles. The van der Waals surface area contributed by atoms with Gasteiger partial charge in [-0.15, -0.1) is 0 Å². The summed E-state index contributed by atoms with van der Waals surface area (Å²) in [5.74, 6) is 0. The van der Waals surface area contributed by atoms with Crippen molar-refractivity contribution in [1.82, 2.24) is 6.15 Å². The smallest absolute Gasteiger partial charge is 0.344 e. The van der Waals surface area contributed by atoms with E-state index in [0.29, 0.717) is 0 Å². The minimum atomic E-state index is 0. The van der Waals surface area contributed by atoms with Crippen molar-refractivity contribution in [3.05, 3.63) is 0 Å². The summed E-state index contributed by atoms with van der Waals surface area (Å²) in [5.41, 5.74) is 0. The van der Waals surface area contributed by atoms with Gasteiger partial charge in [0, 0.05) is 0 Å². The van der Waals surface area contributed by atoms with Crippen LogP contribution in [0.4, 0.5) is 0 Å². The summed E-state index contributed by atoms with van der Waals surface area (Å²) in [7, 11) is 0. The Kier molecular flexibility index (Phi) is 277. The molecule has 0 aromatic heterocycles. The van der Waals surface area contributed by atoms with Gasteiger partial charge in [0.2, 0.25) is 0 Å². The second-order valence-corrected chi connectivity index (χ2v) is 0. The van der Waals surface area contributed by atoms with E-state index in [4.69, 9.17) is 0 Å². The van der Waals surface area contributed by atoms with E-state index in [-0.39, 0.29) is 138 Å². The van der Waals surface area contributed by atoms with Crippen molar-refractivity contribution in [3.63, 3.8) is 0 Å². The molecule has 0 unspecified atom stereocenters. The number of hydrogen-bond donors (Lipinski definition) is 1. The number of rotatable bonds is 0. The summed E-state index contributed by atoms with van der Waals surface area (Å²) in [6.45, 7) is 0. The Morgan fingerprint density at radius 1 is 0.500 bits per heavy atom. The van der Waals surface area contributed by atoms with Crippen LogP contribution < -0.4 is 124 Å². The molecule has 0 saturated heterocycles. The molecule has 0 bridgehead atoms. The fourth-order valence-corrected chi connectivity index (χ4v) is 0. The van der Waals surface area contributed by atoms with E-state index in [2.05, 4.69) is 0 Å². The maximum Gasteiger partial charge on any atom is 1.00 e. The molecule has 0 atom stereocenters. The molecule has 16 valence electrons. The van der Waals surface area contributed by atoms with Gasteiger partial charge in [-0.3, -0.25) is 0 Å². The molecule has 0 aliphatic carbocycles. The zero-order chi connectivity index (χ0) is 0. The van der Waals surface area contributed by atoms with Gasteiger partial charge in [0.25, 0.3) is 0 Å². The molecule has 0 amide bonds. The van der Waals surface area contributed by atoms with Crippen LogP contribution in [0, 0.1) is 0 Å². The molecule has 0 aliphatic heterocycles. The Balaban J connectivity index is 0. The summed E-state index contributed by atoms with van der Waals surface area (Å²) < 4.78 is 0. The third kappa shape index (κ3) is 23.9. The molecule has 3 N–H and O–H groups in total. The van der Waals surface area contributed by atoms with Crippen LogP contribution in [0.5, 0.6) is 0 Å². The molecular weight excluding hydrogens is 138 g/mol. The Morgan fingerprint density at radius 2 is 0.500 bits per heavy atom. The van der Waals surface area contributed by atoms with Crippen LogP contribution in [0.25, 0.3) is 0 Å². The summed E-state index contributed by atoms with van der Waals surface area (Å²) in [6.07, 6.45) is 0. The van der Waals surface area contributed by atoms with Gasteiger partial charge in [0.1, 0.15) is 0 Å². The van der Waals surface area contributed by atoms with Crippen molar-refractivity contribution >= 4 is 13.5 Å². The Morgan fingerprint density at radius 3 is 0.500 bits per heavy atom. The third-order valence-corrected chi connectivity index (χ3v) is 0. The van der Waals surface area contributed by atoms with E-state index >= 15 is 0 Å². The van der Waals surface area contributed by atoms with Gasteiger partial charge < -0.3 is 6.15 Å². The number of hydrogen-bond acceptors (Lipinski definition) is 1. The second kappa shape index (κ2) is 34.6. The minimum Gasteiger partial charge on any atom is -0.344 e. The standard InChI is InChI=1S/H3N.4Na.H2S/h1H3;;;;;1H2/q;4*+1;. The van der Waals surface area contributed by atoms with Crippen molar-refractivity contribution < 1.29 is 118 Å². The van der Waals surface area contributed by atoms with E-state index in [1.54, 1.807) is 0 Å². The Hall–Kier alpha value is 4.31. The Labute approximate surface area is 134 Å². The van der Waals surface area contributed by atoms with Gasteiger partial charge in [-0.05, 0) is 0 Å². The molecule has 0 aromatic rings. The SMILES string of the molecule is N.S.[Na+].[Na+].[Na+].[Na+]. The molecule has 6 heteroatoms. The van der Waals surface area contributed by atoms with Gasteiger partial charge >= 0.3 is 118 Å². The third-order valence-electron chi connectivity index (χ3n) is 0. The van der Waals surface area contributed by atoms with Crippen LogP contribution in [0.15, 0.2) is 0 Å². The van der Waals surface area contributed by atoms with E-state index < -0.39 is 0 Å². The molecule has 0 fully saturated rings. The zero-order valence-corrected chi connectivity index (χ0v) is 14.2. The quantitative estimate of drug-likeness (QED) is 0.336. The summed E-state index contributed by atoms with van der Waals surface area (Å²) in [4.78, 5) is 0. The van der Waals surface area contributed by atoms with Crippen molar-refractivity contribution in [2.75, 3.05) is 0 Å². The monoisotopic (exact) mass is 143 g/mol. The molecule has 1 nitrogen and oxygen atoms in total. The second-order valence-electron chi connectivity index (χ2n) is 0. The first-order valence-corrected chi connectivity index (χ1v) is 0. The molecule has 0 rings (SSSR count). The van der Waals surface area contributed by atoms with Gasteiger partial charge in [-0.25, -0.2) is 0 Å². The normalized spacial score (nSPS) is 0. The largest absolute Gasteiger partial charge is 1.00 e. The average molecular weight is 143 g/mol. The fraction of sp³-hybridized carbons (Fsp3) is 0. The summed E-state index contributed by atoms with van der Waals surface area (Å²) in [5, 5.41) is 0. The zero-order valence-electron chi connectivity index (χ0n) is 5.21. The van der Waals surface area contributed by atoms with Gasteiger partial charge in [0.15, 0.2) is 0 Å². The van der Waals surface area contributed by atoms with Crippen LogP contribution in [0.3, 0.4) is 0 Å². The van der Waals surface area contributed by atoms with Crippen LogP contribution in [0.2, 0.25) is 0 Å². The molecule has 6 heavy (non-hydrogen) atoms. The average Bonchev–Trinajstić information content (AvgIpc) is 0. The first-order chi connectivity index (χ1) is 0. The van der Waals surface area contributed by atoms with Crippen molar-refractivity contribution in [2.45, 2.75) is 0 Å². The van der Waals surface area contributed by atoms with Crippen LogP contribution in [-0.2, 0) is 0 Å². The van der Waals surface area contributed by atoms with Crippen LogP contribution in [0.1, 0.15) is 0 Å². The van der Waals surface area contributed by atoms with Crippen molar-refractivity contribution in [1.29, 1.82) is 0 Å². The first kappa shape index (κ1) is 48.1. The van der Waals surface area contributed by atoms with Gasteiger partial charge in [-0.2, -0.15) is 13.5 Å². The summed E-state index contributed by atoms with van der Waals surface area (Å²) >= 11 is 0. The summed E-state index contributed by atoms with van der Waals surface area (Å²) in [6, 6.07) is 0. The predicted molar refractivity (Wildman–Crippen MR) is 15.4 cm³/mol. The molecule has 0 aromatic carbocycles. The van der Waals surface area contributed by atoms with Crippen molar-refractivity contribution in [2.24, 2.45) is 0 Å².